The Morgan fingerprint density at radius 3 is 2.62 bits per heavy atom. The van der Waals surface area contributed by atoms with Crippen molar-refractivity contribution in [3.63, 3.8) is 0 Å². The second-order valence-electron chi connectivity index (χ2n) is 9.85. The number of amides is 3. The van der Waals surface area contributed by atoms with Crippen LogP contribution in [0.4, 0.5) is 4.79 Å². The molecule has 2 aliphatic heterocycles. The van der Waals surface area contributed by atoms with Gasteiger partial charge in [-0.2, -0.15) is 0 Å². The zero-order valence-corrected chi connectivity index (χ0v) is 21.1. The molecule has 4 heterocycles. The number of nitrogens with one attached hydrogen (secondary N) is 2. The van der Waals surface area contributed by atoms with Crippen LogP contribution in [0.1, 0.15) is 43.2 Å². The quantitative estimate of drug-likeness (QED) is 0.534. The average molecular weight is 507 g/mol. The Morgan fingerprint density at radius 1 is 1.08 bits per heavy atom. The number of aromatic nitrogens is 3. The lowest BCUT2D eigenvalue weighted by molar-refractivity contribution is -0.133. The highest BCUT2D eigenvalue weighted by Crippen LogP contribution is 2.28. The molecule has 2 atom stereocenters. The van der Waals surface area contributed by atoms with E-state index in [9.17, 15) is 14.4 Å². The van der Waals surface area contributed by atoms with Crippen LogP contribution in [0.3, 0.4) is 0 Å². The van der Waals surface area contributed by atoms with E-state index in [1.54, 1.807) is 22.8 Å². The van der Waals surface area contributed by atoms with Crippen LogP contribution in [0.25, 0.3) is 11.2 Å². The number of piperidine rings is 1. The molecule has 2 aliphatic rings. The lowest BCUT2D eigenvalue weighted by Gasteiger charge is -2.34. The van der Waals surface area contributed by atoms with E-state index in [2.05, 4.69) is 27.4 Å². The van der Waals surface area contributed by atoms with E-state index in [1.807, 2.05) is 35.2 Å². The molecule has 2 fully saturated rings. The summed E-state index contributed by atoms with van der Waals surface area (Å²) in [5.74, 6) is 0.153. The van der Waals surface area contributed by atoms with Gasteiger partial charge < -0.3 is 19.9 Å². The van der Waals surface area contributed by atoms with Crippen LogP contribution in [0.5, 0.6) is 0 Å². The van der Waals surface area contributed by atoms with Gasteiger partial charge in [0.25, 0.3) is 0 Å². The Hall–Kier alpha value is -3.66. The van der Waals surface area contributed by atoms with Crippen molar-refractivity contribution in [2.45, 2.75) is 43.7 Å². The lowest BCUT2D eigenvalue weighted by atomic mass is 9.94. The van der Waals surface area contributed by atoms with Crippen molar-refractivity contribution < 1.29 is 14.3 Å². The largest absolute Gasteiger partial charge is 0.383 e. The van der Waals surface area contributed by atoms with Gasteiger partial charge in [0.2, 0.25) is 5.91 Å². The fourth-order valence-corrected chi connectivity index (χ4v) is 5.58. The number of rotatable bonds is 6. The number of benzene rings is 1. The molecule has 3 aromatic rings. The van der Waals surface area contributed by atoms with E-state index in [0.717, 1.165) is 11.9 Å². The standard InChI is InChI=1S/C27H34N6O4/c1-37-17-16-32-18-20(19-6-3-2-4-7-19)9-10-22(25(32)34)29-26(35)31-14-11-21(12-15-31)33-23-8-5-13-28-24(23)30-27(33)36/h2-8,13,20-22H,9-12,14-18H2,1H3,(H,29,35)(H,28,30,36)/t20-,22-/m1/s1. The first kappa shape index (κ1) is 25.0. The maximum Gasteiger partial charge on any atom is 0.327 e. The molecule has 2 saturated heterocycles. The van der Waals surface area contributed by atoms with Crippen LogP contribution >= 0.6 is 0 Å². The van der Waals surface area contributed by atoms with Gasteiger partial charge in [-0.15, -0.1) is 0 Å². The number of hydrogen-bond donors (Lipinski definition) is 2. The molecule has 37 heavy (non-hydrogen) atoms. The zero-order chi connectivity index (χ0) is 25.8. The minimum absolute atomic E-state index is 0.00909. The summed E-state index contributed by atoms with van der Waals surface area (Å²) in [5.41, 5.74) is 2.38. The fraction of sp³-hybridized carbons (Fsp3) is 0.481. The second kappa shape index (κ2) is 11.2. The number of imidazole rings is 1. The predicted molar refractivity (Wildman–Crippen MR) is 139 cm³/mol. The van der Waals surface area contributed by atoms with E-state index in [4.69, 9.17) is 4.74 Å². The van der Waals surface area contributed by atoms with Gasteiger partial charge in [-0.1, -0.05) is 30.3 Å². The summed E-state index contributed by atoms with van der Waals surface area (Å²) in [7, 11) is 1.63. The van der Waals surface area contributed by atoms with Crippen molar-refractivity contribution in [2.75, 3.05) is 39.9 Å². The molecule has 0 saturated carbocycles. The summed E-state index contributed by atoms with van der Waals surface area (Å²) in [5, 5.41) is 3.02. The number of methoxy groups -OCH3 is 1. The summed E-state index contributed by atoms with van der Waals surface area (Å²) in [6, 6.07) is 13.1. The first-order valence-electron chi connectivity index (χ1n) is 13.0. The molecular formula is C27H34N6O4. The number of urea groups is 1. The maximum atomic E-state index is 13.4. The number of ether oxygens (including phenoxy) is 1. The molecule has 3 amide bonds. The average Bonchev–Trinajstić information content (AvgIpc) is 3.19. The third-order valence-corrected chi connectivity index (χ3v) is 7.60. The van der Waals surface area contributed by atoms with Crippen molar-refractivity contribution in [1.29, 1.82) is 0 Å². The van der Waals surface area contributed by atoms with Crippen LogP contribution in [-0.2, 0) is 9.53 Å². The van der Waals surface area contributed by atoms with Crippen molar-refractivity contribution in [2.24, 2.45) is 0 Å². The molecule has 0 unspecified atom stereocenters. The van der Waals surface area contributed by atoms with Crippen LogP contribution in [0, 0.1) is 0 Å². The molecule has 10 heteroatoms. The summed E-state index contributed by atoms with van der Waals surface area (Å²) in [4.78, 5) is 49.8. The van der Waals surface area contributed by atoms with Crippen molar-refractivity contribution in [3.8, 4) is 0 Å². The summed E-state index contributed by atoms with van der Waals surface area (Å²) in [6.07, 6.45) is 4.36. The number of carbonyl (C=O) groups is 2. The van der Waals surface area contributed by atoms with Crippen LogP contribution in [0.2, 0.25) is 0 Å². The summed E-state index contributed by atoms with van der Waals surface area (Å²) >= 11 is 0. The van der Waals surface area contributed by atoms with Gasteiger partial charge in [-0.05, 0) is 43.4 Å². The molecular weight excluding hydrogens is 472 g/mol. The van der Waals surface area contributed by atoms with Gasteiger partial charge in [0, 0.05) is 51.4 Å². The SMILES string of the molecule is COCCN1C[C@H](c2ccccc2)CC[C@@H](NC(=O)N2CCC(n3c(=O)[nH]c4ncccc43)CC2)C1=O. The van der Waals surface area contributed by atoms with Crippen molar-refractivity contribution in [1.82, 2.24) is 29.7 Å². The molecule has 1 aromatic carbocycles. The monoisotopic (exact) mass is 506 g/mol. The Balaban J connectivity index is 1.23. The number of carbonyl (C=O) groups excluding carboxylic acids is 2. The van der Waals surface area contributed by atoms with Gasteiger partial charge in [-0.25, -0.2) is 14.6 Å². The van der Waals surface area contributed by atoms with Crippen molar-refractivity contribution >= 4 is 23.1 Å². The minimum Gasteiger partial charge on any atom is -0.383 e. The molecule has 5 rings (SSSR count). The number of nitrogens with zero attached hydrogens (tertiary/aromatic N) is 4. The van der Waals surface area contributed by atoms with E-state index in [0.29, 0.717) is 57.7 Å². The fourth-order valence-electron chi connectivity index (χ4n) is 5.58. The van der Waals surface area contributed by atoms with E-state index in [1.165, 1.54) is 5.56 Å². The molecule has 0 radical (unpaired) electrons. The normalized spacial score (nSPS) is 21.3. The number of pyridine rings is 1. The van der Waals surface area contributed by atoms with Gasteiger partial charge in [0.1, 0.15) is 6.04 Å². The lowest BCUT2D eigenvalue weighted by Crippen LogP contribution is -2.53. The third kappa shape index (κ3) is 5.39. The Kier molecular flexibility index (Phi) is 7.55. The molecule has 0 aliphatic carbocycles. The third-order valence-electron chi connectivity index (χ3n) is 7.60. The highest BCUT2D eigenvalue weighted by atomic mass is 16.5. The molecule has 0 bridgehead atoms. The number of fused-ring (bicyclic) bond motifs is 1. The molecule has 10 nitrogen and oxygen atoms in total. The minimum atomic E-state index is -0.571. The number of aromatic amines is 1. The first-order chi connectivity index (χ1) is 18.0. The van der Waals surface area contributed by atoms with E-state index < -0.39 is 6.04 Å². The van der Waals surface area contributed by atoms with Crippen LogP contribution < -0.4 is 11.0 Å². The summed E-state index contributed by atoms with van der Waals surface area (Å²) in [6.45, 7) is 2.57. The Morgan fingerprint density at radius 2 is 1.86 bits per heavy atom. The molecule has 2 aromatic heterocycles. The molecule has 2 N–H and O–H groups in total. The first-order valence-corrected chi connectivity index (χ1v) is 13.0. The highest BCUT2D eigenvalue weighted by Gasteiger charge is 2.34. The molecule has 196 valence electrons. The van der Waals surface area contributed by atoms with Gasteiger partial charge in [-0.3, -0.25) is 14.3 Å². The Bertz CT molecular complexity index is 1280. The van der Waals surface area contributed by atoms with E-state index >= 15 is 0 Å². The van der Waals surface area contributed by atoms with Gasteiger partial charge in [0.05, 0.1) is 12.1 Å². The Labute approximate surface area is 215 Å². The molecule has 0 spiro atoms. The predicted octanol–water partition coefficient (Wildman–Crippen LogP) is 2.49. The zero-order valence-electron chi connectivity index (χ0n) is 21.1. The number of H-pyrrole nitrogens is 1. The van der Waals surface area contributed by atoms with Crippen molar-refractivity contribution in [3.05, 3.63) is 64.7 Å². The van der Waals surface area contributed by atoms with Crippen LogP contribution in [-0.4, -0.2) is 82.2 Å². The summed E-state index contributed by atoms with van der Waals surface area (Å²) < 4.78 is 7.00. The topological polar surface area (TPSA) is 113 Å². The number of likely N-dealkylation sites (tertiary alicyclic amines) is 2. The smallest absolute Gasteiger partial charge is 0.327 e. The second-order valence-corrected chi connectivity index (χ2v) is 9.85. The van der Waals surface area contributed by atoms with Gasteiger partial charge >= 0.3 is 11.7 Å². The highest BCUT2D eigenvalue weighted by molar-refractivity contribution is 5.87. The van der Waals surface area contributed by atoms with E-state index in [-0.39, 0.29) is 29.6 Å². The maximum absolute atomic E-state index is 13.4. The number of hydrogen-bond acceptors (Lipinski definition) is 5. The van der Waals surface area contributed by atoms with Gasteiger partial charge in [0.15, 0.2) is 5.65 Å². The van der Waals surface area contributed by atoms with Crippen LogP contribution in [0.15, 0.2) is 53.5 Å².